The third kappa shape index (κ3) is 3.89. The normalized spacial score (nSPS) is 20.1. The monoisotopic (exact) mass is 207 g/mol. The number of rotatable bonds is 7. The van der Waals surface area contributed by atoms with Crippen LogP contribution in [0.1, 0.15) is 13.3 Å². The maximum absolute atomic E-state index is 9.61. The van der Waals surface area contributed by atoms with E-state index in [2.05, 4.69) is 5.32 Å². The van der Waals surface area contributed by atoms with Crippen LogP contribution in [-0.4, -0.2) is 58.9 Å². The summed E-state index contributed by atoms with van der Waals surface area (Å²) in [5, 5.41) is 39.8. The molecule has 0 aliphatic heterocycles. The Morgan fingerprint density at radius 1 is 1.14 bits per heavy atom. The van der Waals surface area contributed by atoms with Gasteiger partial charge in [0.25, 0.3) is 0 Å². The maximum atomic E-state index is 9.61. The van der Waals surface area contributed by atoms with Crippen LogP contribution in [-0.2, 0) is 0 Å². The van der Waals surface area contributed by atoms with E-state index < -0.39 is 30.8 Å². The quantitative estimate of drug-likeness (QED) is 0.343. The minimum atomic E-state index is -1.19. The van der Waals surface area contributed by atoms with Crippen molar-refractivity contribution in [1.29, 1.82) is 0 Å². The van der Waals surface area contributed by atoms with Gasteiger partial charge in [-0.15, -0.1) is 0 Å². The van der Waals surface area contributed by atoms with Gasteiger partial charge in [-0.25, -0.2) is 0 Å². The molecule has 0 aromatic rings. The van der Waals surface area contributed by atoms with Crippen LogP contribution in [0.5, 0.6) is 0 Å². The zero-order chi connectivity index (χ0) is 11.1. The molecule has 0 rings (SSSR count). The van der Waals surface area contributed by atoms with E-state index >= 15 is 0 Å². The molecule has 14 heavy (non-hydrogen) atoms. The Morgan fingerprint density at radius 2 is 1.71 bits per heavy atom. The maximum Gasteiger partial charge on any atom is 0.103 e. The molecule has 0 saturated carbocycles. The SMILES string of the molecule is CC[C@@H]([C@H](O)[C@H](O)CO)[C@@H](O)CNC. The molecule has 0 aromatic heterocycles. The fourth-order valence-electron chi connectivity index (χ4n) is 1.50. The van der Waals surface area contributed by atoms with Gasteiger partial charge >= 0.3 is 0 Å². The molecule has 0 saturated heterocycles. The second-order valence-electron chi connectivity index (χ2n) is 3.44. The number of likely N-dealkylation sites (N-methyl/N-ethyl adjacent to an activating group) is 1. The van der Waals surface area contributed by atoms with Crippen molar-refractivity contribution in [2.75, 3.05) is 20.2 Å². The first kappa shape index (κ1) is 13.8. The first-order valence-corrected chi connectivity index (χ1v) is 4.88. The van der Waals surface area contributed by atoms with Crippen molar-refractivity contribution < 1.29 is 20.4 Å². The highest BCUT2D eigenvalue weighted by molar-refractivity contribution is 4.80. The van der Waals surface area contributed by atoms with Crippen LogP contribution in [0.2, 0.25) is 0 Å². The molecule has 0 unspecified atom stereocenters. The minimum Gasteiger partial charge on any atom is -0.394 e. The Hall–Kier alpha value is -0.200. The molecule has 0 radical (unpaired) electrons. The van der Waals surface area contributed by atoms with E-state index in [-0.39, 0.29) is 0 Å². The molecule has 0 aromatic carbocycles. The summed E-state index contributed by atoms with van der Waals surface area (Å²) >= 11 is 0. The molecule has 4 atom stereocenters. The predicted octanol–water partition coefficient (Wildman–Crippen LogP) is -1.69. The third-order valence-corrected chi connectivity index (χ3v) is 2.40. The van der Waals surface area contributed by atoms with Crippen LogP contribution in [0.3, 0.4) is 0 Å². The van der Waals surface area contributed by atoms with Crippen molar-refractivity contribution >= 4 is 0 Å². The van der Waals surface area contributed by atoms with Crippen LogP contribution in [0.4, 0.5) is 0 Å². The highest BCUT2D eigenvalue weighted by Crippen LogP contribution is 2.16. The lowest BCUT2D eigenvalue weighted by Gasteiger charge is -2.28. The number of aliphatic hydroxyl groups excluding tert-OH is 4. The lowest BCUT2D eigenvalue weighted by molar-refractivity contribution is -0.0744. The van der Waals surface area contributed by atoms with E-state index in [0.29, 0.717) is 13.0 Å². The van der Waals surface area contributed by atoms with Crippen LogP contribution in [0, 0.1) is 5.92 Å². The summed E-state index contributed by atoms with van der Waals surface area (Å²) in [4.78, 5) is 0. The van der Waals surface area contributed by atoms with Crippen molar-refractivity contribution in [3.05, 3.63) is 0 Å². The first-order chi connectivity index (χ1) is 6.58. The van der Waals surface area contributed by atoms with Gasteiger partial charge in [-0.3, -0.25) is 0 Å². The van der Waals surface area contributed by atoms with Crippen LogP contribution >= 0.6 is 0 Å². The summed E-state index contributed by atoms with van der Waals surface area (Å²) in [6.45, 7) is 1.68. The molecule has 0 fully saturated rings. The number of nitrogens with one attached hydrogen (secondary N) is 1. The molecule has 0 spiro atoms. The minimum absolute atomic E-state index is 0.355. The number of aliphatic hydroxyl groups is 4. The van der Waals surface area contributed by atoms with Gasteiger partial charge in [-0.05, 0) is 13.5 Å². The Labute approximate surface area is 84.4 Å². The topological polar surface area (TPSA) is 93.0 Å². The number of hydrogen-bond acceptors (Lipinski definition) is 5. The van der Waals surface area contributed by atoms with Crippen molar-refractivity contribution in [3.8, 4) is 0 Å². The first-order valence-electron chi connectivity index (χ1n) is 4.88. The molecule has 86 valence electrons. The van der Waals surface area contributed by atoms with Gasteiger partial charge in [-0.1, -0.05) is 6.92 Å². The van der Waals surface area contributed by atoms with Gasteiger partial charge in [0.2, 0.25) is 0 Å². The Bertz CT molecular complexity index is 145. The fourth-order valence-corrected chi connectivity index (χ4v) is 1.50. The smallest absolute Gasteiger partial charge is 0.103 e. The highest BCUT2D eigenvalue weighted by atomic mass is 16.4. The van der Waals surface area contributed by atoms with E-state index in [1.165, 1.54) is 0 Å². The molecule has 5 N–H and O–H groups in total. The molecular formula is C9H21NO4. The Balaban J connectivity index is 4.23. The average Bonchev–Trinajstić information content (AvgIpc) is 2.18. The van der Waals surface area contributed by atoms with Crippen LogP contribution in [0.25, 0.3) is 0 Å². The summed E-state index contributed by atoms with van der Waals surface area (Å²) in [6, 6.07) is 0. The lowest BCUT2D eigenvalue weighted by atomic mass is 9.90. The molecular weight excluding hydrogens is 186 g/mol. The standard InChI is InChI=1S/C9H21NO4/c1-3-6(7(12)4-10-2)9(14)8(13)5-11/h6-14H,3-5H2,1-2H3/t6-,7+,8-,9+/m1/s1. The summed E-state index contributed by atoms with van der Waals surface area (Å²) < 4.78 is 0. The second-order valence-corrected chi connectivity index (χ2v) is 3.44. The fraction of sp³-hybridized carbons (Fsp3) is 1.00. The van der Waals surface area contributed by atoms with Gasteiger partial charge < -0.3 is 25.7 Å². The molecule has 0 amide bonds. The summed E-state index contributed by atoms with van der Waals surface area (Å²) in [7, 11) is 1.70. The van der Waals surface area contributed by atoms with E-state index in [0.717, 1.165) is 0 Å². The molecule has 0 aliphatic carbocycles. The molecule has 5 heteroatoms. The van der Waals surface area contributed by atoms with Crippen LogP contribution < -0.4 is 5.32 Å². The van der Waals surface area contributed by atoms with Crippen molar-refractivity contribution in [1.82, 2.24) is 5.32 Å². The van der Waals surface area contributed by atoms with Gasteiger partial charge in [0.1, 0.15) is 6.10 Å². The van der Waals surface area contributed by atoms with Crippen molar-refractivity contribution in [2.45, 2.75) is 31.7 Å². The zero-order valence-corrected chi connectivity index (χ0v) is 8.72. The Kier molecular flexibility index (Phi) is 7.04. The summed E-state index contributed by atoms with van der Waals surface area (Å²) in [5.41, 5.74) is 0. The van der Waals surface area contributed by atoms with Crippen LogP contribution in [0.15, 0.2) is 0 Å². The predicted molar refractivity (Wildman–Crippen MR) is 52.8 cm³/mol. The van der Waals surface area contributed by atoms with Gasteiger partial charge in [0.15, 0.2) is 0 Å². The van der Waals surface area contributed by atoms with E-state index in [9.17, 15) is 15.3 Å². The van der Waals surface area contributed by atoms with E-state index in [4.69, 9.17) is 5.11 Å². The zero-order valence-electron chi connectivity index (χ0n) is 8.72. The van der Waals surface area contributed by atoms with Gasteiger partial charge in [-0.2, -0.15) is 0 Å². The average molecular weight is 207 g/mol. The molecule has 0 bridgehead atoms. The van der Waals surface area contributed by atoms with Crippen molar-refractivity contribution in [2.24, 2.45) is 5.92 Å². The van der Waals surface area contributed by atoms with Crippen molar-refractivity contribution in [3.63, 3.8) is 0 Å². The number of hydrogen-bond donors (Lipinski definition) is 5. The highest BCUT2D eigenvalue weighted by Gasteiger charge is 2.29. The third-order valence-electron chi connectivity index (χ3n) is 2.40. The molecule has 0 heterocycles. The summed E-state index contributed by atoms with van der Waals surface area (Å²) in [5.74, 6) is -0.426. The van der Waals surface area contributed by atoms with Gasteiger partial charge in [0.05, 0.1) is 18.8 Å². The van der Waals surface area contributed by atoms with E-state index in [1.807, 2.05) is 6.92 Å². The summed E-state index contributed by atoms with van der Waals surface area (Å²) in [6.07, 6.45) is -2.46. The lowest BCUT2D eigenvalue weighted by Crippen LogP contribution is -2.44. The molecule has 5 nitrogen and oxygen atoms in total. The second kappa shape index (κ2) is 7.14. The van der Waals surface area contributed by atoms with Gasteiger partial charge in [0, 0.05) is 12.5 Å². The Morgan fingerprint density at radius 3 is 2.07 bits per heavy atom. The molecule has 0 aliphatic rings. The largest absolute Gasteiger partial charge is 0.394 e. The van der Waals surface area contributed by atoms with E-state index in [1.54, 1.807) is 7.05 Å².